The van der Waals surface area contributed by atoms with Crippen LogP contribution in [0.1, 0.15) is 64.1 Å². The minimum atomic E-state index is 0.474. The fourth-order valence-electron chi connectivity index (χ4n) is 2.43. The predicted molar refractivity (Wildman–Crippen MR) is 90.9 cm³/mol. The van der Waals surface area contributed by atoms with Crippen molar-refractivity contribution in [3.63, 3.8) is 0 Å². The van der Waals surface area contributed by atoms with Gasteiger partial charge in [0, 0.05) is 31.9 Å². The monoisotopic (exact) mass is 289 g/mol. The molecule has 3 nitrogen and oxygen atoms in total. The molecular weight excluding hydrogens is 258 g/mol. The number of nitrogens with one attached hydrogen (secondary N) is 1. The van der Waals surface area contributed by atoms with Crippen molar-refractivity contribution >= 4 is 5.82 Å². The Kier molecular flexibility index (Phi) is 5.63. The fraction of sp³-hybridized carbons (Fsp3) is 0.722. The van der Waals surface area contributed by atoms with E-state index in [4.69, 9.17) is 4.98 Å². The van der Waals surface area contributed by atoms with E-state index in [0.29, 0.717) is 11.8 Å². The van der Waals surface area contributed by atoms with Crippen molar-refractivity contribution in [1.82, 2.24) is 10.3 Å². The second-order valence-corrected chi connectivity index (χ2v) is 6.96. The summed E-state index contributed by atoms with van der Waals surface area (Å²) in [4.78, 5) is 7.17. The Balaban J connectivity index is 2.13. The summed E-state index contributed by atoms with van der Waals surface area (Å²) in [6, 6.07) is 5.27. The third kappa shape index (κ3) is 4.99. The first-order chi connectivity index (χ1) is 9.99. The molecule has 0 spiro atoms. The third-order valence-electron chi connectivity index (χ3n) is 4.33. The van der Waals surface area contributed by atoms with Crippen LogP contribution in [0.4, 0.5) is 5.82 Å². The van der Waals surface area contributed by atoms with Crippen LogP contribution >= 0.6 is 0 Å². The van der Waals surface area contributed by atoms with Crippen LogP contribution in [0.25, 0.3) is 0 Å². The van der Waals surface area contributed by atoms with E-state index in [2.05, 4.69) is 57.1 Å². The lowest BCUT2D eigenvalue weighted by atomic mass is 10.1. The molecule has 2 rings (SSSR count). The van der Waals surface area contributed by atoms with Crippen molar-refractivity contribution in [3.8, 4) is 0 Å². The Bertz CT molecular complexity index is 452. The maximum absolute atomic E-state index is 4.86. The second kappa shape index (κ2) is 7.26. The summed E-state index contributed by atoms with van der Waals surface area (Å²) >= 11 is 0. The van der Waals surface area contributed by atoms with Crippen molar-refractivity contribution in [2.45, 2.75) is 65.5 Å². The highest BCUT2D eigenvalue weighted by Crippen LogP contribution is 2.23. The lowest BCUT2D eigenvalue weighted by Gasteiger charge is -2.23. The molecule has 1 aliphatic rings. The molecule has 0 bridgehead atoms. The van der Waals surface area contributed by atoms with Crippen LogP contribution in [-0.2, 0) is 6.54 Å². The van der Waals surface area contributed by atoms with Gasteiger partial charge in [0.2, 0.25) is 0 Å². The van der Waals surface area contributed by atoms with Gasteiger partial charge in [-0.05, 0) is 42.4 Å². The summed E-state index contributed by atoms with van der Waals surface area (Å²) in [6.07, 6.45) is 3.89. The highest BCUT2D eigenvalue weighted by molar-refractivity contribution is 5.42. The van der Waals surface area contributed by atoms with Gasteiger partial charge in [0.15, 0.2) is 0 Å². The van der Waals surface area contributed by atoms with Crippen LogP contribution in [0.5, 0.6) is 0 Å². The molecule has 0 aliphatic heterocycles. The van der Waals surface area contributed by atoms with E-state index in [9.17, 15) is 0 Å². The molecule has 1 aromatic heterocycles. The highest BCUT2D eigenvalue weighted by Gasteiger charge is 2.20. The van der Waals surface area contributed by atoms with Gasteiger partial charge in [-0.3, -0.25) is 0 Å². The molecular formula is C18H31N3. The smallest absolute Gasteiger partial charge is 0.128 e. The Labute approximate surface area is 130 Å². The molecule has 118 valence electrons. The van der Waals surface area contributed by atoms with Gasteiger partial charge < -0.3 is 10.2 Å². The first kappa shape index (κ1) is 16.3. The number of hydrogen-bond acceptors (Lipinski definition) is 3. The first-order valence-electron chi connectivity index (χ1n) is 8.45. The zero-order valence-corrected chi connectivity index (χ0v) is 14.3. The second-order valence-electron chi connectivity index (χ2n) is 6.96. The average Bonchev–Trinajstić information content (AvgIpc) is 3.28. The van der Waals surface area contributed by atoms with Gasteiger partial charge >= 0.3 is 0 Å². The van der Waals surface area contributed by atoms with Crippen LogP contribution < -0.4 is 10.2 Å². The lowest BCUT2D eigenvalue weighted by Crippen LogP contribution is -2.25. The topological polar surface area (TPSA) is 28.2 Å². The average molecular weight is 289 g/mol. The Morgan fingerprint density at radius 2 is 2.00 bits per heavy atom. The van der Waals surface area contributed by atoms with Crippen molar-refractivity contribution in [1.29, 1.82) is 0 Å². The predicted octanol–water partition coefficient (Wildman–Crippen LogP) is 3.94. The first-order valence-corrected chi connectivity index (χ1v) is 8.45. The summed E-state index contributed by atoms with van der Waals surface area (Å²) in [5, 5.41) is 3.61. The quantitative estimate of drug-likeness (QED) is 0.785. The normalized spacial score (nSPS) is 16.3. The van der Waals surface area contributed by atoms with Crippen LogP contribution in [0.2, 0.25) is 0 Å². The SMILES string of the molecule is CCC(C)CN(C)c1cc(CNC2CC2)cc(C(C)C)n1. The van der Waals surface area contributed by atoms with Gasteiger partial charge in [-0.25, -0.2) is 4.98 Å². The number of anilines is 1. The molecule has 1 fully saturated rings. The largest absolute Gasteiger partial charge is 0.359 e. The van der Waals surface area contributed by atoms with E-state index in [0.717, 1.165) is 24.9 Å². The molecule has 1 N–H and O–H groups in total. The van der Waals surface area contributed by atoms with E-state index >= 15 is 0 Å². The molecule has 0 saturated heterocycles. The molecule has 21 heavy (non-hydrogen) atoms. The molecule has 1 heterocycles. The summed E-state index contributed by atoms with van der Waals surface area (Å²) in [6.45, 7) is 11.0. The van der Waals surface area contributed by atoms with E-state index in [1.807, 2.05) is 0 Å². The Hall–Kier alpha value is -1.09. The summed E-state index contributed by atoms with van der Waals surface area (Å²) in [5.41, 5.74) is 2.57. The summed E-state index contributed by atoms with van der Waals surface area (Å²) in [7, 11) is 2.16. The van der Waals surface area contributed by atoms with Gasteiger partial charge in [0.05, 0.1) is 0 Å². The molecule has 0 amide bonds. The Morgan fingerprint density at radius 1 is 1.29 bits per heavy atom. The zero-order valence-electron chi connectivity index (χ0n) is 14.3. The lowest BCUT2D eigenvalue weighted by molar-refractivity contribution is 0.557. The molecule has 1 aliphatic carbocycles. The van der Waals surface area contributed by atoms with E-state index in [1.54, 1.807) is 0 Å². The van der Waals surface area contributed by atoms with Crippen LogP contribution in [0.15, 0.2) is 12.1 Å². The third-order valence-corrected chi connectivity index (χ3v) is 4.33. The van der Waals surface area contributed by atoms with Gasteiger partial charge in [0.1, 0.15) is 5.82 Å². The van der Waals surface area contributed by atoms with Crippen LogP contribution in [-0.4, -0.2) is 24.6 Å². The van der Waals surface area contributed by atoms with Gasteiger partial charge in [-0.1, -0.05) is 34.1 Å². The number of nitrogens with zero attached hydrogens (tertiary/aromatic N) is 2. The van der Waals surface area contributed by atoms with E-state index < -0.39 is 0 Å². The molecule has 1 unspecified atom stereocenters. The van der Waals surface area contributed by atoms with Crippen LogP contribution in [0.3, 0.4) is 0 Å². The summed E-state index contributed by atoms with van der Waals surface area (Å²) in [5.74, 6) is 2.29. The maximum Gasteiger partial charge on any atom is 0.128 e. The minimum Gasteiger partial charge on any atom is -0.359 e. The molecule has 0 radical (unpaired) electrons. The van der Waals surface area contributed by atoms with Crippen molar-refractivity contribution in [2.75, 3.05) is 18.5 Å². The van der Waals surface area contributed by atoms with Crippen molar-refractivity contribution in [2.24, 2.45) is 5.92 Å². The zero-order chi connectivity index (χ0) is 15.4. The number of aromatic nitrogens is 1. The molecule has 1 saturated carbocycles. The number of hydrogen-bond donors (Lipinski definition) is 1. The Morgan fingerprint density at radius 3 is 2.57 bits per heavy atom. The van der Waals surface area contributed by atoms with Crippen molar-refractivity contribution in [3.05, 3.63) is 23.4 Å². The molecule has 3 heteroatoms. The van der Waals surface area contributed by atoms with E-state index in [-0.39, 0.29) is 0 Å². The standard InChI is InChI=1S/C18H31N3/c1-6-14(4)12-21(5)18-10-15(11-19-16-7-8-16)9-17(20-18)13(2)3/h9-10,13-14,16,19H,6-8,11-12H2,1-5H3. The van der Waals surface area contributed by atoms with Gasteiger partial charge in [0.25, 0.3) is 0 Å². The minimum absolute atomic E-state index is 0.474. The number of rotatable bonds is 8. The number of pyridine rings is 1. The molecule has 0 aromatic carbocycles. The summed E-state index contributed by atoms with van der Waals surface area (Å²) < 4.78 is 0. The van der Waals surface area contributed by atoms with Gasteiger partial charge in [-0.2, -0.15) is 0 Å². The fourth-order valence-corrected chi connectivity index (χ4v) is 2.43. The highest BCUT2D eigenvalue weighted by atomic mass is 15.2. The molecule has 1 aromatic rings. The van der Waals surface area contributed by atoms with Crippen molar-refractivity contribution < 1.29 is 0 Å². The molecule has 1 atom stereocenters. The maximum atomic E-state index is 4.86. The van der Waals surface area contributed by atoms with Crippen LogP contribution in [0, 0.1) is 5.92 Å². The van der Waals surface area contributed by atoms with E-state index in [1.165, 1.54) is 30.5 Å². The van der Waals surface area contributed by atoms with Gasteiger partial charge in [-0.15, -0.1) is 0 Å².